The van der Waals surface area contributed by atoms with Gasteiger partial charge in [-0.15, -0.1) is 0 Å². The molecule has 5 heteroatoms. The Balaban J connectivity index is 1.66. The van der Waals surface area contributed by atoms with E-state index in [1.807, 2.05) is 38.1 Å². The van der Waals surface area contributed by atoms with Crippen LogP contribution in [0.3, 0.4) is 0 Å². The first-order valence-electron chi connectivity index (χ1n) is 9.21. The van der Waals surface area contributed by atoms with E-state index in [1.54, 1.807) is 36.5 Å². The van der Waals surface area contributed by atoms with Gasteiger partial charge in [0.2, 0.25) is 5.89 Å². The van der Waals surface area contributed by atoms with Crippen molar-refractivity contribution >= 4 is 11.6 Å². The summed E-state index contributed by atoms with van der Waals surface area (Å²) in [4.78, 5) is 17.3. The summed E-state index contributed by atoms with van der Waals surface area (Å²) < 4.78 is 19.0. The summed E-state index contributed by atoms with van der Waals surface area (Å²) in [5, 5.41) is 2.97. The van der Waals surface area contributed by atoms with Gasteiger partial charge in [0.25, 0.3) is 5.91 Å². The number of carbonyl (C=O) groups excluding carboxylic acids is 1. The van der Waals surface area contributed by atoms with E-state index in [0.717, 1.165) is 16.8 Å². The summed E-state index contributed by atoms with van der Waals surface area (Å²) in [5.41, 5.74) is 4.65. The Kier molecular flexibility index (Phi) is 4.96. The first-order chi connectivity index (χ1) is 14.0. The molecule has 0 bridgehead atoms. The summed E-state index contributed by atoms with van der Waals surface area (Å²) in [6, 6.07) is 18.9. The number of halogens is 1. The number of benzene rings is 3. The summed E-state index contributed by atoms with van der Waals surface area (Å²) in [6.45, 7) is 3.97. The number of carbonyl (C=O) groups is 1. The van der Waals surface area contributed by atoms with Gasteiger partial charge < -0.3 is 9.73 Å². The van der Waals surface area contributed by atoms with Crippen molar-refractivity contribution in [1.82, 2.24) is 4.98 Å². The van der Waals surface area contributed by atoms with Crippen LogP contribution in [-0.4, -0.2) is 10.9 Å². The molecule has 0 aliphatic carbocycles. The fourth-order valence-electron chi connectivity index (χ4n) is 3.09. The van der Waals surface area contributed by atoms with Crippen LogP contribution in [0.25, 0.3) is 22.8 Å². The highest BCUT2D eigenvalue weighted by Gasteiger charge is 2.18. The molecule has 29 heavy (non-hydrogen) atoms. The monoisotopic (exact) mass is 386 g/mol. The minimum Gasteiger partial charge on any atom is -0.436 e. The highest BCUT2D eigenvalue weighted by atomic mass is 19.1. The number of amides is 1. The fourth-order valence-corrected chi connectivity index (χ4v) is 3.09. The Bertz CT molecular complexity index is 1180. The third-order valence-corrected chi connectivity index (χ3v) is 4.89. The van der Waals surface area contributed by atoms with Gasteiger partial charge in [-0.1, -0.05) is 24.3 Å². The lowest BCUT2D eigenvalue weighted by Crippen LogP contribution is -2.14. The van der Waals surface area contributed by atoms with E-state index < -0.39 is 0 Å². The van der Waals surface area contributed by atoms with Crippen LogP contribution in [0.2, 0.25) is 0 Å². The SMILES string of the molecule is Cc1cccc(NC(=O)c2ccccc2-c2ncc(-c3ccc(F)cc3)o2)c1C. The summed E-state index contributed by atoms with van der Waals surface area (Å²) >= 11 is 0. The average molecular weight is 386 g/mol. The lowest BCUT2D eigenvalue weighted by atomic mass is 10.1. The van der Waals surface area contributed by atoms with Crippen LogP contribution in [0.4, 0.5) is 10.1 Å². The maximum atomic E-state index is 13.2. The lowest BCUT2D eigenvalue weighted by molar-refractivity contribution is 0.102. The Morgan fingerprint density at radius 3 is 2.52 bits per heavy atom. The van der Waals surface area contributed by atoms with Crippen molar-refractivity contribution in [2.24, 2.45) is 0 Å². The van der Waals surface area contributed by atoms with Crippen molar-refractivity contribution in [3.63, 3.8) is 0 Å². The second kappa shape index (κ2) is 7.72. The quantitative estimate of drug-likeness (QED) is 0.467. The number of anilines is 1. The van der Waals surface area contributed by atoms with Crippen LogP contribution < -0.4 is 5.32 Å². The van der Waals surface area contributed by atoms with Gasteiger partial charge in [0.15, 0.2) is 5.76 Å². The molecule has 4 aromatic rings. The number of hydrogen-bond acceptors (Lipinski definition) is 3. The zero-order chi connectivity index (χ0) is 20.4. The lowest BCUT2D eigenvalue weighted by Gasteiger charge is -2.12. The van der Waals surface area contributed by atoms with E-state index in [2.05, 4.69) is 10.3 Å². The second-order valence-electron chi connectivity index (χ2n) is 6.78. The van der Waals surface area contributed by atoms with E-state index >= 15 is 0 Å². The van der Waals surface area contributed by atoms with Crippen molar-refractivity contribution in [3.05, 3.63) is 95.4 Å². The molecule has 1 N–H and O–H groups in total. The Morgan fingerprint density at radius 2 is 1.72 bits per heavy atom. The minimum absolute atomic E-state index is 0.240. The molecule has 144 valence electrons. The molecule has 0 aliphatic rings. The van der Waals surface area contributed by atoms with Gasteiger partial charge in [-0.3, -0.25) is 4.79 Å². The maximum Gasteiger partial charge on any atom is 0.256 e. The largest absolute Gasteiger partial charge is 0.436 e. The molecule has 0 saturated heterocycles. The highest BCUT2D eigenvalue weighted by molar-refractivity contribution is 6.08. The topological polar surface area (TPSA) is 55.1 Å². The molecule has 1 amide bonds. The van der Waals surface area contributed by atoms with Crippen molar-refractivity contribution in [2.45, 2.75) is 13.8 Å². The van der Waals surface area contributed by atoms with Crippen LogP contribution >= 0.6 is 0 Å². The number of nitrogens with one attached hydrogen (secondary N) is 1. The third-order valence-electron chi connectivity index (χ3n) is 4.89. The van der Waals surface area contributed by atoms with Crippen molar-refractivity contribution in [1.29, 1.82) is 0 Å². The van der Waals surface area contributed by atoms with E-state index in [-0.39, 0.29) is 11.7 Å². The Hall–Kier alpha value is -3.73. The van der Waals surface area contributed by atoms with Crippen molar-refractivity contribution in [3.8, 4) is 22.8 Å². The molecular formula is C24H19FN2O2. The zero-order valence-electron chi connectivity index (χ0n) is 16.1. The first kappa shape index (κ1) is 18.6. The van der Waals surface area contributed by atoms with Crippen LogP contribution in [0.15, 0.2) is 77.3 Å². The van der Waals surface area contributed by atoms with Gasteiger partial charge in [0, 0.05) is 16.8 Å². The number of nitrogens with zero attached hydrogens (tertiary/aromatic N) is 1. The van der Waals surface area contributed by atoms with Crippen LogP contribution in [0.5, 0.6) is 0 Å². The number of aryl methyl sites for hydroxylation is 1. The Morgan fingerprint density at radius 1 is 0.966 bits per heavy atom. The smallest absolute Gasteiger partial charge is 0.256 e. The zero-order valence-corrected chi connectivity index (χ0v) is 16.1. The molecule has 1 heterocycles. The van der Waals surface area contributed by atoms with Crippen molar-refractivity contribution < 1.29 is 13.6 Å². The van der Waals surface area contributed by atoms with Crippen LogP contribution in [-0.2, 0) is 0 Å². The molecule has 0 radical (unpaired) electrons. The minimum atomic E-state index is -0.318. The van der Waals surface area contributed by atoms with Crippen LogP contribution in [0.1, 0.15) is 21.5 Å². The van der Waals surface area contributed by atoms with Crippen molar-refractivity contribution in [2.75, 3.05) is 5.32 Å². The standard InChI is InChI=1S/C24H19FN2O2/c1-15-6-5-9-21(16(15)2)27-23(28)19-7-3-4-8-20(19)24-26-14-22(29-24)17-10-12-18(25)13-11-17/h3-14H,1-2H3,(H,27,28). The van der Waals surface area contributed by atoms with Gasteiger partial charge in [-0.05, 0) is 67.4 Å². The molecule has 0 unspecified atom stereocenters. The molecular weight excluding hydrogens is 367 g/mol. The molecule has 0 fully saturated rings. The van der Waals surface area contributed by atoms with Crippen LogP contribution in [0, 0.1) is 19.7 Å². The number of hydrogen-bond donors (Lipinski definition) is 1. The maximum absolute atomic E-state index is 13.2. The molecule has 0 spiro atoms. The normalized spacial score (nSPS) is 10.7. The summed E-state index contributed by atoms with van der Waals surface area (Å²) in [5.74, 6) is 0.276. The van der Waals surface area contributed by atoms with E-state index in [4.69, 9.17) is 4.42 Å². The fraction of sp³-hybridized carbons (Fsp3) is 0.0833. The Labute approximate surface area is 168 Å². The van der Waals surface area contributed by atoms with E-state index in [1.165, 1.54) is 12.1 Å². The van der Waals surface area contributed by atoms with E-state index in [0.29, 0.717) is 28.3 Å². The molecule has 0 saturated carbocycles. The molecule has 0 aliphatic heterocycles. The van der Waals surface area contributed by atoms with E-state index in [9.17, 15) is 9.18 Å². The summed E-state index contributed by atoms with van der Waals surface area (Å²) in [7, 11) is 0. The average Bonchev–Trinajstić information content (AvgIpc) is 3.22. The highest BCUT2D eigenvalue weighted by Crippen LogP contribution is 2.29. The molecule has 4 nitrogen and oxygen atoms in total. The first-order valence-corrected chi connectivity index (χ1v) is 9.21. The molecule has 0 atom stereocenters. The number of aromatic nitrogens is 1. The van der Waals surface area contributed by atoms with Gasteiger partial charge in [0.1, 0.15) is 5.82 Å². The number of rotatable bonds is 4. The summed E-state index contributed by atoms with van der Waals surface area (Å²) in [6.07, 6.45) is 1.57. The van der Waals surface area contributed by atoms with Gasteiger partial charge in [0.05, 0.1) is 11.8 Å². The molecule has 3 aromatic carbocycles. The van der Waals surface area contributed by atoms with Gasteiger partial charge >= 0.3 is 0 Å². The molecule has 1 aromatic heterocycles. The third kappa shape index (κ3) is 3.80. The number of oxazole rings is 1. The predicted molar refractivity (Wildman–Crippen MR) is 111 cm³/mol. The molecule has 4 rings (SSSR count). The van der Waals surface area contributed by atoms with Gasteiger partial charge in [-0.25, -0.2) is 9.37 Å². The van der Waals surface area contributed by atoms with Gasteiger partial charge in [-0.2, -0.15) is 0 Å². The predicted octanol–water partition coefficient (Wildman–Crippen LogP) is 6.02. The second-order valence-corrected chi connectivity index (χ2v) is 6.78.